The van der Waals surface area contributed by atoms with Crippen LogP contribution in [0.25, 0.3) is 11.0 Å². The van der Waals surface area contributed by atoms with E-state index in [4.69, 9.17) is 9.98 Å². The van der Waals surface area contributed by atoms with Crippen LogP contribution in [0, 0.1) is 5.82 Å². The summed E-state index contributed by atoms with van der Waals surface area (Å²) < 4.78 is 15.4. The van der Waals surface area contributed by atoms with Gasteiger partial charge in [0.15, 0.2) is 0 Å². The molecule has 2 aromatic heterocycles. The molecule has 2 atom stereocenters. The number of aliphatic hydroxyl groups excluding tert-OH is 1. The minimum absolute atomic E-state index is 0.0229. The van der Waals surface area contributed by atoms with E-state index in [1.807, 2.05) is 35.9 Å². The Balaban J connectivity index is 1.42. The molecular weight excluding hydrogens is 467 g/mol. The van der Waals surface area contributed by atoms with Crippen molar-refractivity contribution in [2.75, 3.05) is 6.61 Å². The van der Waals surface area contributed by atoms with Crippen LogP contribution in [0.3, 0.4) is 0 Å². The summed E-state index contributed by atoms with van der Waals surface area (Å²) in [6, 6.07) is 16.3. The fourth-order valence-electron chi connectivity index (χ4n) is 5.38. The van der Waals surface area contributed by atoms with Gasteiger partial charge in [0.2, 0.25) is 0 Å². The largest absolute Gasteiger partial charge is 0.395 e. The topological polar surface area (TPSA) is 83.5 Å². The van der Waals surface area contributed by atoms with Crippen molar-refractivity contribution in [1.29, 1.82) is 0 Å². The van der Waals surface area contributed by atoms with Crippen LogP contribution in [-0.4, -0.2) is 37.6 Å². The van der Waals surface area contributed by atoms with Gasteiger partial charge in [-0.2, -0.15) is 0 Å². The number of aryl methyl sites for hydroxylation is 1. The van der Waals surface area contributed by atoms with Crippen LogP contribution < -0.4 is 0 Å². The Bertz CT molecular complexity index is 1400. The number of aliphatic imine (C=N–C) groups is 1. The van der Waals surface area contributed by atoms with Gasteiger partial charge in [-0.1, -0.05) is 49.7 Å². The molecule has 0 fully saturated rings. The lowest BCUT2D eigenvalue weighted by molar-refractivity contribution is 0.0157. The zero-order valence-electron chi connectivity index (χ0n) is 21.1. The maximum Gasteiger partial charge on any atom is 0.123 e. The molecule has 1 aliphatic rings. The monoisotopic (exact) mass is 500 g/mol. The van der Waals surface area contributed by atoms with Gasteiger partial charge in [0, 0.05) is 24.9 Å². The second kappa shape index (κ2) is 10.9. The first-order valence-corrected chi connectivity index (χ1v) is 13.1. The number of imidazole rings is 1. The average molecular weight is 501 g/mol. The van der Waals surface area contributed by atoms with Crippen molar-refractivity contribution >= 4 is 17.2 Å². The smallest absolute Gasteiger partial charge is 0.123 e. The Morgan fingerprint density at radius 1 is 1.11 bits per heavy atom. The van der Waals surface area contributed by atoms with Gasteiger partial charge in [-0.15, -0.1) is 0 Å². The van der Waals surface area contributed by atoms with Crippen molar-refractivity contribution in [3.8, 4) is 0 Å². The van der Waals surface area contributed by atoms with Crippen LogP contribution in [0.15, 0.2) is 65.9 Å². The molecule has 0 saturated heterocycles. The Kier molecular flexibility index (Phi) is 7.44. The minimum atomic E-state index is -1.01. The molecular formula is C30H33FN4O2. The van der Waals surface area contributed by atoms with Crippen molar-refractivity contribution in [2.24, 2.45) is 4.99 Å². The number of pyridine rings is 1. The van der Waals surface area contributed by atoms with E-state index in [-0.39, 0.29) is 18.5 Å². The van der Waals surface area contributed by atoms with Gasteiger partial charge in [-0.25, -0.2) is 9.37 Å². The molecule has 3 heterocycles. The quantitative estimate of drug-likeness (QED) is 0.310. The number of fused-ring (bicyclic) bond motifs is 2. The zero-order valence-corrected chi connectivity index (χ0v) is 21.1. The third kappa shape index (κ3) is 5.33. The van der Waals surface area contributed by atoms with Gasteiger partial charge in [-0.3, -0.25) is 9.98 Å². The summed E-state index contributed by atoms with van der Waals surface area (Å²) in [5.74, 6) is -0.305. The highest BCUT2D eigenvalue weighted by molar-refractivity contribution is 5.84. The third-order valence-corrected chi connectivity index (χ3v) is 7.28. The normalized spacial score (nSPS) is 16.6. The molecule has 6 nitrogen and oxygen atoms in total. The molecule has 37 heavy (non-hydrogen) atoms. The number of nitrogens with zero attached hydrogens (tertiary/aromatic N) is 4. The second-order valence-electron chi connectivity index (χ2n) is 9.87. The number of hydrogen-bond acceptors (Lipinski definition) is 5. The standard InChI is InChI=1S/C30H33FN4O2/c1-2-13-30(37,23-9-11-24(31)12-10-23)14-5-8-25-18-27-29(33-20-35(27)15-16-36)28(34-25)26-17-21-6-3-4-7-22(21)19-32-26/h3-4,6-7,9-12,18-20,26,36-37H,2,5,8,13-17H2,1H3. The highest BCUT2D eigenvalue weighted by Crippen LogP contribution is 2.34. The van der Waals surface area contributed by atoms with Crippen molar-refractivity contribution in [3.05, 3.63) is 94.8 Å². The number of aromatic nitrogens is 3. The van der Waals surface area contributed by atoms with Crippen LogP contribution in [0.5, 0.6) is 0 Å². The summed E-state index contributed by atoms with van der Waals surface area (Å²) >= 11 is 0. The van der Waals surface area contributed by atoms with Crippen molar-refractivity contribution in [3.63, 3.8) is 0 Å². The Labute approximate surface area is 216 Å². The first-order chi connectivity index (χ1) is 18.0. The summed E-state index contributed by atoms with van der Waals surface area (Å²) in [6.45, 7) is 2.52. The first-order valence-electron chi connectivity index (χ1n) is 13.1. The molecule has 7 heteroatoms. The van der Waals surface area contributed by atoms with Crippen LogP contribution in [0.2, 0.25) is 0 Å². The maximum atomic E-state index is 13.5. The lowest BCUT2D eigenvalue weighted by atomic mass is 9.84. The molecule has 0 bridgehead atoms. The predicted octanol–water partition coefficient (Wildman–Crippen LogP) is 5.29. The van der Waals surface area contributed by atoms with Gasteiger partial charge in [-0.05, 0) is 60.6 Å². The SMILES string of the molecule is CCCC(O)(CCCc1cc2c(ncn2CCO)c(C2Cc3ccccc3C=N2)n1)c1ccc(F)cc1. The molecule has 192 valence electrons. The number of aliphatic hydroxyl groups is 2. The van der Waals surface area contributed by atoms with Gasteiger partial charge in [0.1, 0.15) is 11.3 Å². The molecule has 0 saturated carbocycles. The van der Waals surface area contributed by atoms with E-state index in [9.17, 15) is 14.6 Å². The van der Waals surface area contributed by atoms with Crippen LogP contribution in [0.4, 0.5) is 4.39 Å². The van der Waals surface area contributed by atoms with E-state index in [1.165, 1.54) is 17.7 Å². The number of halogens is 1. The lowest BCUT2D eigenvalue weighted by Gasteiger charge is -2.28. The highest BCUT2D eigenvalue weighted by atomic mass is 19.1. The maximum absolute atomic E-state index is 13.5. The Morgan fingerprint density at radius 2 is 1.92 bits per heavy atom. The van der Waals surface area contributed by atoms with Crippen LogP contribution >= 0.6 is 0 Å². The van der Waals surface area contributed by atoms with E-state index >= 15 is 0 Å². The third-order valence-electron chi connectivity index (χ3n) is 7.28. The summed E-state index contributed by atoms with van der Waals surface area (Å²) in [7, 11) is 0. The Hall–Kier alpha value is -3.42. The van der Waals surface area contributed by atoms with E-state index in [0.29, 0.717) is 25.8 Å². The van der Waals surface area contributed by atoms with Crippen molar-refractivity contribution < 1.29 is 14.6 Å². The molecule has 2 aromatic carbocycles. The van der Waals surface area contributed by atoms with E-state index in [0.717, 1.165) is 52.8 Å². The van der Waals surface area contributed by atoms with Gasteiger partial charge < -0.3 is 14.8 Å². The second-order valence-corrected chi connectivity index (χ2v) is 9.87. The number of rotatable bonds is 10. The fraction of sp³-hybridized carbons (Fsp3) is 0.367. The average Bonchev–Trinajstić information content (AvgIpc) is 3.31. The summed E-state index contributed by atoms with van der Waals surface area (Å²) in [5.41, 5.74) is 5.61. The molecule has 0 aliphatic carbocycles. The van der Waals surface area contributed by atoms with Gasteiger partial charge >= 0.3 is 0 Å². The van der Waals surface area contributed by atoms with E-state index < -0.39 is 5.60 Å². The minimum Gasteiger partial charge on any atom is -0.395 e. The Morgan fingerprint density at radius 3 is 2.70 bits per heavy atom. The van der Waals surface area contributed by atoms with Crippen LogP contribution in [0.1, 0.15) is 66.7 Å². The molecule has 4 aromatic rings. The summed E-state index contributed by atoms with van der Waals surface area (Å²) in [5, 5.41) is 21.0. The van der Waals surface area contributed by atoms with Gasteiger partial charge in [0.05, 0.1) is 35.8 Å². The van der Waals surface area contributed by atoms with Gasteiger partial charge in [0.25, 0.3) is 0 Å². The van der Waals surface area contributed by atoms with Crippen molar-refractivity contribution in [1.82, 2.24) is 14.5 Å². The fourth-order valence-corrected chi connectivity index (χ4v) is 5.38. The number of benzene rings is 2. The molecule has 2 N–H and O–H groups in total. The highest BCUT2D eigenvalue weighted by Gasteiger charge is 2.28. The summed E-state index contributed by atoms with van der Waals surface area (Å²) in [4.78, 5) is 14.5. The molecule has 1 aliphatic heterocycles. The predicted molar refractivity (Wildman–Crippen MR) is 143 cm³/mol. The summed E-state index contributed by atoms with van der Waals surface area (Å²) in [6.07, 6.45) is 7.80. The van der Waals surface area contributed by atoms with Crippen LogP contribution in [-0.2, 0) is 25.0 Å². The lowest BCUT2D eigenvalue weighted by Crippen LogP contribution is -2.25. The number of hydrogen-bond donors (Lipinski definition) is 2. The molecule has 0 amide bonds. The van der Waals surface area contributed by atoms with E-state index in [1.54, 1.807) is 18.5 Å². The van der Waals surface area contributed by atoms with E-state index in [2.05, 4.69) is 17.1 Å². The molecule has 5 rings (SSSR count). The molecule has 2 unspecified atom stereocenters. The first kappa shape index (κ1) is 25.2. The molecule has 0 spiro atoms. The molecule has 0 radical (unpaired) electrons. The van der Waals surface area contributed by atoms with Crippen molar-refractivity contribution in [2.45, 2.75) is 63.6 Å². The zero-order chi connectivity index (χ0) is 25.8.